The Hall–Kier alpha value is -0.340. The predicted molar refractivity (Wildman–Crippen MR) is 63.9 cm³/mol. The summed E-state index contributed by atoms with van der Waals surface area (Å²) in [5.41, 5.74) is 1.12. The predicted octanol–water partition coefficient (Wildman–Crippen LogP) is 3.61. The van der Waals surface area contributed by atoms with Gasteiger partial charge in [0.05, 0.1) is 11.1 Å². The first kappa shape index (κ1) is 12.7. The summed E-state index contributed by atoms with van der Waals surface area (Å²) in [7, 11) is 0. The average Bonchev–Trinajstić information content (AvgIpc) is 2.09. The van der Waals surface area contributed by atoms with E-state index in [9.17, 15) is 5.21 Å². The molecule has 0 saturated carbocycles. The van der Waals surface area contributed by atoms with E-state index in [1.54, 1.807) is 0 Å². The monoisotopic (exact) mass is 211 g/mol. The lowest BCUT2D eigenvalue weighted by Gasteiger charge is -2.37. The van der Waals surface area contributed by atoms with Gasteiger partial charge in [0.15, 0.2) is 0 Å². The fourth-order valence-electron chi connectivity index (χ4n) is 2.36. The molecule has 0 aliphatic carbocycles. The molecule has 0 saturated heterocycles. The van der Waals surface area contributed by atoms with E-state index in [4.69, 9.17) is 0 Å². The van der Waals surface area contributed by atoms with Gasteiger partial charge in [-0.3, -0.25) is 0 Å². The van der Waals surface area contributed by atoms with Gasteiger partial charge in [0.2, 0.25) is 0 Å². The van der Waals surface area contributed by atoms with Crippen LogP contribution in [0.15, 0.2) is 11.6 Å². The fraction of sp³-hybridized carbons (Fsp3) is 0.846. The summed E-state index contributed by atoms with van der Waals surface area (Å²) < 4.78 is 0. The van der Waals surface area contributed by atoms with Crippen LogP contribution in [0.25, 0.3) is 0 Å². The molecule has 1 aliphatic rings. The highest BCUT2D eigenvalue weighted by molar-refractivity contribution is 5.30. The Bertz CT molecular complexity index is 281. The van der Waals surface area contributed by atoms with E-state index in [2.05, 4.69) is 40.7 Å². The van der Waals surface area contributed by atoms with Gasteiger partial charge in [-0.25, -0.2) is 0 Å². The molecule has 1 N–H and O–H groups in total. The minimum absolute atomic E-state index is 0.239. The molecule has 0 atom stereocenters. The largest absolute Gasteiger partial charge is 0.312 e. The summed E-state index contributed by atoms with van der Waals surface area (Å²) in [4.78, 5) is 0. The molecule has 1 rings (SSSR count). The van der Waals surface area contributed by atoms with Crippen molar-refractivity contribution in [2.75, 3.05) is 0 Å². The quantitative estimate of drug-likeness (QED) is 0.670. The van der Waals surface area contributed by atoms with E-state index in [0.717, 1.165) is 6.42 Å². The Morgan fingerprint density at radius 2 is 1.67 bits per heavy atom. The smallest absolute Gasteiger partial charge is 0.0623 e. The summed E-state index contributed by atoms with van der Waals surface area (Å²) in [5.74, 6) is 0. The molecule has 0 unspecified atom stereocenters. The van der Waals surface area contributed by atoms with Crippen molar-refractivity contribution >= 4 is 0 Å². The first-order valence-corrected chi connectivity index (χ1v) is 5.68. The highest BCUT2D eigenvalue weighted by Gasteiger charge is 2.45. The van der Waals surface area contributed by atoms with Crippen molar-refractivity contribution in [1.82, 2.24) is 5.06 Å². The maximum atomic E-state index is 10.1. The molecule has 0 aromatic carbocycles. The van der Waals surface area contributed by atoms with Crippen molar-refractivity contribution in [2.45, 2.75) is 66.0 Å². The molecular formula is C13H25NO. The third-order valence-corrected chi connectivity index (χ3v) is 3.11. The molecule has 88 valence electrons. The molecule has 0 radical (unpaired) electrons. The summed E-state index contributed by atoms with van der Waals surface area (Å²) in [6.45, 7) is 15.0. The van der Waals surface area contributed by atoms with Crippen molar-refractivity contribution in [2.24, 2.45) is 5.41 Å². The molecule has 0 bridgehead atoms. The Morgan fingerprint density at radius 3 is 1.93 bits per heavy atom. The van der Waals surface area contributed by atoms with E-state index in [1.165, 1.54) is 10.6 Å². The van der Waals surface area contributed by atoms with Gasteiger partial charge in [0.25, 0.3) is 0 Å². The fourth-order valence-corrected chi connectivity index (χ4v) is 2.36. The Morgan fingerprint density at radius 1 is 1.20 bits per heavy atom. The Kier molecular flexibility index (Phi) is 2.82. The molecule has 1 aliphatic heterocycles. The number of hydroxylamine groups is 2. The third kappa shape index (κ3) is 2.43. The molecule has 0 aromatic rings. The molecule has 0 spiro atoms. The second-order valence-corrected chi connectivity index (χ2v) is 6.93. The molecule has 15 heavy (non-hydrogen) atoms. The van der Waals surface area contributed by atoms with Crippen molar-refractivity contribution in [3.63, 3.8) is 0 Å². The SMILES string of the molecule is CC(C)(C)CC1=CC(C)(C)N(O)C1(C)C. The van der Waals surface area contributed by atoms with E-state index < -0.39 is 0 Å². The second kappa shape index (κ2) is 3.33. The topological polar surface area (TPSA) is 23.5 Å². The molecular weight excluding hydrogens is 186 g/mol. The number of hydrogen-bond donors (Lipinski definition) is 1. The van der Waals surface area contributed by atoms with E-state index in [0.29, 0.717) is 0 Å². The van der Waals surface area contributed by atoms with Crippen molar-refractivity contribution in [1.29, 1.82) is 0 Å². The molecule has 2 nitrogen and oxygen atoms in total. The first-order chi connectivity index (χ1) is 6.47. The summed E-state index contributed by atoms with van der Waals surface area (Å²) in [6, 6.07) is 0. The molecule has 0 fully saturated rings. The van der Waals surface area contributed by atoms with Crippen molar-refractivity contribution < 1.29 is 5.21 Å². The van der Waals surface area contributed by atoms with Crippen LogP contribution in [0, 0.1) is 5.41 Å². The maximum Gasteiger partial charge on any atom is 0.0623 e. The standard InChI is InChI=1S/C13H25NO/c1-11(2,3)8-10-9-12(4,5)14(15)13(10,6)7/h9,15H,8H2,1-7H3. The van der Waals surface area contributed by atoms with Crippen LogP contribution in [0.3, 0.4) is 0 Å². The van der Waals surface area contributed by atoms with Gasteiger partial charge in [-0.05, 0) is 45.1 Å². The number of hydrogen-bond acceptors (Lipinski definition) is 2. The highest BCUT2D eigenvalue weighted by Crippen LogP contribution is 2.42. The van der Waals surface area contributed by atoms with Crippen LogP contribution >= 0.6 is 0 Å². The zero-order valence-electron chi connectivity index (χ0n) is 11.2. The summed E-state index contributed by atoms with van der Waals surface area (Å²) in [6.07, 6.45) is 3.23. The summed E-state index contributed by atoms with van der Waals surface area (Å²) in [5, 5.41) is 11.6. The molecule has 0 aromatic heterocycles. The molecule has 2 heteroatoms. The van der Waals surface area contributed by atoms with Crippen molar-refractivity contribution in [3.05, 3.63) is 11.6 Å². The normalized spacial score (nSPS) is 25.5. The van der Waals surface area contributed by atoms with Gasteiger partial charge in [-0.1, -0.05) is 26.8 Å². The zero-order chi connectivity index (χ0) is 12.1. The van der Waals surface area contributed by atoms with E-state index in [-0.39, 0.29) is 16.5 Å². The van der Waals surface area contributed by atoms with Gasteiger partial charge in [0, 0.05) is 0 Å². The van der Waals surface area contributed by atoms with Crippen LogP contribution in [0.4, 0.5) is 0 Å². The Balaban J connectivity index is 2.99. The lowest BCUT2D eigenvalue weighted by Crippen LogP contribution is -2.48. The van der Waals surface area contributed by atoms with Gasteiger partial charge in [-0.2, -0.15) is 5.06 Å². The minimum Gasteiger partial charge on any atom is -0.312 e. The van der Waals surface area contributed by atoms with E-state index in [1.807, 2.05) is 13.8 Å². The zero-order valence-corrected chi connectivity index (χ0v) is 11.2. The Labute approximate surface area is 93.9 Å². The highest BCUT2D eigenvalue weighted by atomic mass is 16.5. The maximum absolute atomic E-state index is 10.1. The van der Waals surface area contributed by atoms with Gasteiger partial charge < -0.3 is 5.21 Å². The van der Waals surface area contributed by atoms with Crippen LogP contribution in [0.2, 0.25) is 0 Å². The summed E-state index contributed by atoms with van der Waals surface area (Å²) >= 11 is 0. The first-order valence-electron chi connectivity index (χ1n) is 5.68. The van der Waals surface area contributed by atoms with Crippen LogP contribution in [-0.2, 0) is 0 Å². The minimum atomic E-state index is -0.246. The lowest BCUT2D eigenvalue weighted by atomic mass is 9.81. The van der Waals surface area contributed by atoms with Gasteiger partial charge >= 0.3 is 0 Å². The van der Waals surface area contributed by atoms with Crippen LogP contribution in [-0.4, -0.2) is 21.3 Å². The lowest BCUT2D eigenvalue weighted by molar-refractivity contribution is -0.185. The van der Waals surface area contributed by atoms with Crippen LogP contribution in [0.5, 0.6) is 0 Å². The van der Waals surface area contributed by atoms with Gasteiger partial charge in [0.1, 0.15) is 0 Å². The van der Waals surface area contributed by atoms with Crippen LogP contribution < -0.4 is 0 Å². The third-order valence-electron chi connectivity index (χ3n) is 3.11. The van der Waals surface area contributed by atoms with E-state index >= 15 is 0 Å². The number of nitrogens with zero attached hydrogens (tertiary/aromatic N) is 1. The number of rotatable bonds is 1. The molecule has 0 amide bonds. The molecule has 1 heterocycles. The van der Waals surface area contributed by atoms with Crippen molar-refractivity contribution in [3.8, 4) is 0 Å². The second-order valence-electron chi connectivity index (χ2n) is 6.93. The van der Waals surface area contributed by atoms with Crippen LogP contribution in [0.1, 0.15) is 54.9 Å². The van der Waals surface area contributed by atoms with Gasteiger partial charge in [-0.15, -0.1) is 0 Å². The average molecular weight is 211 g/mol.